The van der Waals surface area contributed by atoms with Crippen LogP contribution in [-0.2, 0) is 6.54 Å². The Labute approximate surface area is 96.1 Å². The van der Waals surface area contributed by atoms with E-state index in [4.69, 9.17) is 0 Å². The first-order valence-electron chi connectivity index (χ1n) is 5.91. The van der Waals surface area contributed by atoms with Gasteiger partial charge in [0, 0.05) is 18.2 Å². The van der Waals surface area contributed by atoms with E-state index in [9.17, 15) is 10.2 Å². The largest absolute Gasteiger partial charge is 0.504 e. The predicted octanol–water partition coefficient (Wildman–Crippen LogP) is 2.38. The minimum atomic E-state index is -0.0457. The number of phenolic OH excluding ortho intramolecular Hbond substituents is 2. The molecule has 1 fully saturated rings. The Morgan fingerprint density at radius 2 is 2.12 bits per heavy atom. The molecule has 3 nitrogen and oxygen atoms in total. The zero-order valence-electron chi connectivity index (χ0n) is 9.61. The first kappa shape index (κ1) is 11.3. The molecule has 0 saturated heterocycles. The topological polar surface area (TPSA) is 52.5 Å². The van der Waals surface area contributed by atoms with Gasteiger partial charge in [0.1, 0.15) is 0 Å². The molecule has 0 heterocycles. The van der Waals surface area contributed by atoms with Gasteiger partial charge in [0.25, 0.3) is 0 Å². The monoisotopic (exact) mass is 221 g/mol. The van der Waals surface area contributed by atoms with E-state index >= 15 is 0 Å². The molecule has 1 saturated carbocycles. The molecule has 0 bridgehead atoms. The van der Waals surface area contributed by atoms with Gasteiger partial charge in [0.2, 0.25) is 0 Å². The molecule has 3 heteroatoms. The van der Waals surface area contributed by atoms with E-state index in [-0.39, 0.29) is 11.5 Å². The van der Waals surface area contributed by atoms with Crippen LogP contribution in [0, 0.1) is 5.92 Å². The zero-order valence-corrected chi connectivity index (χ0v) is 9.61. The molecular weight excluding hydrogens is 202 g/mol. The maximum Gasteiger partial charge on any atom is 0.161 e. The van der Waals surface area contributed by atoms with Crippen LogP contribution in [0.4, 0.5) is 0 Å². The lowest BCUT2D eigenvalue weighted by atomic mass is 9.80. The van der Waals surface area contributed by atoms with Crippen LogP contribution in [0.15, 0.2) is 18.2 Å². The summed E-state index contributed by atoms with van der Waals surface area (Å²) in [4.78, 5) is 0. The van der Waals surface area contributed by atoms with Crippen molar-refractivity contribution in [2.45, 2.75) is 38.8 Å². The highest BCUT2D eigenvalue weighted by molar-refractivity contribution is 5.44. The molecule has 1 aromatic rings. The van der Waals surface area contributed by atoms with E-state index in [0.29, 0.717) is 12.6 Å². The Morgan fingerprint density at radius 3 is 2.75 bits per heavy atom. The van der Waals surface area contributed by atoms with Gasteiger partial charge in [-0.25, -0.2) is 0 Å². The lowest BCUT2D eigenvalue weighted by molar-refractivity contribution is 0.239. The highest BCUT2D eigenvalue weighted by atomic mass is 16.3. The summed E-state index contributed by atoms with van der Waals surface area (Å²) in [5.74, 6) is 0.728. The standard InChI is InChI=1S/C13H19NO2/c1-9(10-4-2-5-10)14-8-11-6-3-7-12(15)13(11)16/h3,6-7,9-10,14-16H,2,4-5,8H2,1H3. The predicted molar refractivity (Wildman–Crippen MR) is 63.4 cm³/mol. The van der Waals surface area contributed by atoms with E-state index in [0.717, 1.165) is 11.5 Å². The Balaban J connectivity index is 1.91. The third-order valence-electron chi connectivity index (χ3n) is 3.57. The fraction of sp³-hybridized carbons (Fsp3) is 0.538. The van der Waals surface area contributed by atoms with Gasteiger partial charge in [-0.3, -0.25) is 0 Å². The van der Waals surface area contributed by atoms with Crippen molar-refractivity contribution in [3.05, 3.63) is 23.8 Å². The highest BCUT2D eigenvalue weighted by Gasteiger charge is 2.23. The SMILES string of the molecule is CC(NCc1cccc(O)c1O)C1CCC1. The van der Waals surface area contributed by atoms with Crippen molar-refractivity contribution < 1.29 is 10.2 Å². The smallest absolute Gasteiger partial charge is 0.161 e. The number of nitrogens with one attached hydrogen (secondary N) is 1. The van der Waals surface area contributed by atoms with Gasteiger partial charge in [-0.1, -0.05) is 18.6 Å². The van der Waals surface area contributed by atoms with Crippen LogP contribution in [0.5, 0.6) is 11.5 Å². The van der Waals surface area contributed by atoms with Crippen LogP contribution < -0.4 is 5.32 Å². The number of benzene rings is 1. The van der Waals surface area contributed by atoms with Crippen molar-refractivity contribution in [2.75, 3.05) is 0 Å². The summed E-state index contributed by atoms with van der Waals surface area (Å²) < 4.78 is 0. The van der Waals surface area contributed by atoms with Crippen molar-refractivity contribution >= 4 is 0 Å². The van der Waals surface area contributed by atoms with Gasteiger partial charge in [0.15, 0.2) is 11.5 Å². The van der Waals surface area contributed by atoms with Crippen LogP contribution in [0.2, 0.25) is 0 Å². The van der Waals surface area contributed by atoms with Crippen molar-refractivity contribution in [1.82, 2.24) is 5.32 Å². The average Bonchev–Trinajstić information content (AvgIpc) is 2.18. The molecule has 2 rings (SSSR count). The van der Waals surface area contributed by atoms with Crippen molar-refractivity contribution in [1.29, 1.82) is 0 Å². The molecule has 0 spiro atoms. The van der Waals surface area contributed by atoms with Crippen LogP contribution >= 0.6 is 0 Å². The highest BCUT2D eigenvalue weighted by Crippen LogP contribution is 2.31. The molecule has 88 valence electrons. The summed E-state index contributed by atoms with van der Waals surface area (Å²) in [6, 6.07) is 5.56. The molecule has 1 aliphatic carbocycles. The van der Waals surface area contributed by atoms with Crippen LogP contribution in [0.1, 0.15) is 31.7 Å². The van der Waals surface area contributed by atoms with Gasteiger partial charge in [-0.2, -0.15) is 0 Å². The third-order valence-corrected chi connectivity index (χ3v) is 3.57. The Morgan fingerprint density at radius 1 is 1.38 bits per heavy atom. The summed E-state index contributed by atoms with van der Waals surface area (Å²) in [5, 5.41) is 22.4. The number of phenols is 2. The quantitative estimate of drug-likeness (QED) is 0.684. The maximum atomic E-state index is 9.63. The van der Waals surface area contributed by atoms with Crippen LogP contribution in [0.25, 0.3) is 0 Å². The minimum Gasteiger partial charge on any atom is -0.504 e. The maximum absolute atomic E-state index is 9.63. The van der Waals surface area contributed by atoms with E-state index in [1.807, 2.05) is 6.07 Å². The molecule has 1 atom stereocenters. The Hall–Kier alpha value is -1.22. The Bertz CT molecular complexity index is 361. The molecule has 1 unspecified atom stereocenters. The first-order chi connectivity index (χ1) is 7.68. The molecule has 0 radical (unpaired) electrons. The number of rotatable bonds is 4. The molecule has 0 aromatic heterocycles. The fourth-order valence-corrected chi connectivity index (χ4v) is 2.10. The fourth-order valence-electron chi connectivity index (χ4n) is 2.10. The summed E-state index contributed by atoms with van der Waals surface area (Å²) >= 11 is 0. The van der Waals surface area contributed by atoms with E-state index in [1.165, 1.54) is 25.3 Å². The second-order valence-electron chi connectivity index (χ2n) is 4.65. The second kappa shape index (κ2) is 4.74. The second-order valence-corrected chi connectivity index (χ2v) is 4.65. The summed E-state index contributed by atoms with van der Waals surface area (Å²) in [6.07, 6.45) is 3.95. The van der Waals surface area contributed by atoms with Crippen molar-refractivity contribution in [3.63, 3.8) is 0 Å². The minimum absolute atomic E-state index is 0.00388. The van der Waals surface area contributed by atoms with Crippen molar-refractivity contribution in [2.24, 2.45) is 5.92 Å². The normalized spacial score (nSPS) is 18.1. The molecular formula is C13H19NO2. The number of aromatic hydroxyl groups is 2. The third kappa shape index (κ3) is 2.30. The first-order valence-corrected chi connectivity index (χ1v) is 5.91. The average molecular weight is 221 g/mol. The lowest BCUT2D eigenvalue weighted by Crippen LogP contribution is -2.36. The lowest BCUT2D eigenvalue weighted by Gasteiger charge is -2.32. The molecule has 1 aromatic carbocycles. The molecule has 16 heavy (non-hydrogen) atoms. The molecule has 1 aliphatic rings. The van der Waals surface area contributed by atoms with E-state index in [2.05, 4.69) is 12.2 Å². The summed E-state index contributed by atoms with van der Waals surface area (Å²) in [6.45, 7) is 2.79. The van der Waals surface area contributed by atoms with Crippen LogP contribution in [0.3, 0.4) is 0 Å². The van der Waals surface area contributed by atoms with Gasteiger partial charge in [-0.05, 0) is 31.7 Å². The molecule has 0 amide bonds. The number of hydrogen-bond donors (Lipinski definition) is 3. The van der Waals surface area contributed by atoms with Crippen molar-refractivity contribution in [3.8, 4) is 11.5 Å². The number of hydrogen-bond acceptors (Lipinski definition) is 3. The van der Waals surface area contributed by atoms with Gasteiger partial charge < -0.3 is 15.5 Å². The molecule has 3 N–H and O–H groups in total. The van der Waals surface area contributed by atoms with Crippen LogP contribution in [-0.4, -0.2) is 16.3 Å². The van der Waals surface area contributed by atoms with E-state index < -0.39 is 0 Å². The Kier molecular flexibility index (Phi) is 3.34. The van der Waals surface area contributed by atoms with Gasteiger partial charge >= 0.3 is 0 Å². The van der Waals surface area contributed by atoms with Gasteiger partial charge in [-0.15, -0.1) is 0 Å². The van der Waals surface area contributed by atoms with E-state index in [1.54, 1.807) is 6.07 Å². The van der Waals surface area contributed by atoms with Gasteiger partial charge in [0.05, 0.1) is 0 Å². The summed E-state index contributed by atoms with van der Waals surface area (Å²) in [7, 11) is 0. The number of para-hydroxylation sites is 1. The summed E-state index contributed by atoms with van der Waals surface area (Å²) in [5.41, 5.74) is 0.756. The zero-order chi connectivity index (χ0) is 11.5. The molecule has 0 aliphatic heterocycles.